The molecule has 124 valence electrons. The Labute approximate surface area is 148 Å². The molecule has 1 aromatic carbocycles. The zero-order chi connectivity index (χ0) is 17.1. The molecule has 24 heavy (non-hydrogen) atoms. The fourth-order valence-corrected chi connectivity index (χ4v) is 2.58. The number of nitrogens with zero attached hydrogens (tertiary/aromatic N) is 3. The third kappa shape index (κ3) is 3.73. The summed E-state index contributed by atoms with van der Waals surface area (Å²) < 4.78 is 8.15. The Bertz CT molecular complexity index is 836. The zero-order valence-corrected chi connectivity index (χ0v) is 14.9. The Morgan fingerprint density at radius 2 is 2.04 bits per heavy atom. The molecular formula is C17H17BrN4O2. The van der Waals surface area contributed by atoms with Gasteiger partial charge in [-0.3, -0.25) is 4.79 Å². The van der Waals surface area contributed by atoms with E-state index < -0.39 is 0 Å². The van der Waals surface area contributed by atoms with E-state index in [9.17, 15) is 4.79 Å². The molecule has 1 N–H and O–H groups in total. The molecule has 0 radical (unpaired) electrons. The Morgan fingerprint density at radius 3 is 2.75 bits per heavy atom. The zero-order valence-electron chi connectivity index (χ0n) is 13.4. The summed E-state index contributed by atoms with van der Waals surface area (Å²) in [6.07, 6.45) is 1.82. The van der Waals surface area contributed by atoms with Crippen molar-refractivity contribution in [2.24, 2.45) is 0 Å². The second-order valence-corrected chi connectivity index (χ2v) is 6.59. The highest BCUT2D eigenvalue weighted by molar-refractivity contribution is 9.10. The fourth-order valence-electron chi connectivity index (χ4n) is 2.31. The molecule has 0 saturated heterocycles. The number of hydrogen-bond acceptors (Lipinski definition) is 4. The lowest BCUT2D eigenvalue weighted by Gasteiger charge is -2.10. The van der Waals surface area contributed by atoms with Crippen molar-refractivity contribution in [3.63, 3.8) is 0 Å². The molecule has 0 unspecified atom stereocenters. The molecule has 0 aliphatic rings. The van der Waals surface area contributed by atoms with Crippen LogP contribution < -0.4 is 5.32 Å². The molecule has 0 spiro atoms. The van der Waals surface area contributed by atoms with Crippen molar-refractivity contribution in [2.45, 2.75) is 26.4 Å². The van der Waals surface area contributed by atoms with Gasteiger partial charge in [-0.05, 0) is 50.2 Å². The van der Waals surface area contributed by atoms with Gasteiger partial charge in [0.2, 0.25) is 11.7 Å². The lowest BCUT2D eigenvalue weighted by molar-refractivity contribution is -0.122. The largest absolute Gasteiger partial charge is 0.352 e. The molecular weight excluding hydrogens is 372 g/mol. The van der Waals surface area contributed by atoms with Crippen LogP contribution in [-0.4, -0.2) is 26.7 Å². The average molecular weight is 389 g/mol. The van der Waals surface area contributed by atoms with Crippen molar-refractivity contribution in [3.05, 3.63) is 47.1 Å². The van der Waals surface area contributed by atoms with Crippen LogP contribution in [0.25, 0.3) is 23.0 Å². The lowest BCUT2D eigenvalue weighted by atomic mass is 10.2. The number of amides is 1. The summed E-state index contributed by atoms with van der Waals surface area (Å²) in [7, 11) is 0. The second kappa shape index (κ2) is 7.00. The van der Waals surface area contributed by atoms with Crippen LogP contribution in [0, 0.1) is 0 Å². The van der Waals surface area contributed by atoms with E-state index in [0.717, 1.165) is 10.0 Å². The van der Waals surface area contributed by atoms with Crippen molar-refractivity contribution in [1.82, 2.24) is 20.0 Å². The van der Waals surface area contributed by atoms with Gasteiger partial charge in [-0.2, -0.15) is 4.98 Å². The highest BCUT2D eigenvalue weighted by Gasteiger charge is 2.15. The number of carbonyl (C=O) groups is 1. The molecule has 0 saturated carbocycles. The van der Waals surface area contributed by atoms with E-state index in [-0.39, 0.29) is 18.5 Å². The van der Waals surface area contributed by atoms with E-state index >= 15 is 0 Å². The number of benzene rings is 1. The first-order chi connectivity index (χ1) is 11.5. The van der Waals surface area contributed by atoms with E-state index in [1.165, 1.54) is 0 Å². The summed E-state index contributed by atoms with van der Waals surface area (Å²) in [4.78, 5) is 16.4. The molecule has 2 heterocycles. The lowest BCUT2D eigenvalue weighted by Crippen LogP contribution is -2.33. The van der Waals surface area contributed by atoms with Crippen molar-refractivity contribution >= 4 is 21.8 Å². The molecule has 0 atom stereocenters. The quantitative estimate of drug-likeness (QED) is 0.725. The Kier molecular flexibility index (Phi) is 4.80. The van der Waals surface area contributed by atoms with Gasteiger partial charge in [-0.15, -0.1) is 0 Å². The highest BCUT2D eigenvalue weighted by Crippen LogP contribution is 2.23. The average Bonchev–Trinajstić information content (AvgIpc) is 3.16. The van der Waals surface area contributed by atoms with Gasteiger partial charge < -0.3 is 14.4 Å². The van der Waals surface area contributed by atoms with Gasteiger partial charge >= 0.3 is 0 Å². The van der Waals surface area contributed by atoms with Crippen molar-refractivity contribution in [3.8, 4) is 23.0 Å². The first kappa shape index (κ1) is 16.4. The summed E-state index contributed by atoms with van der Waals surface area (Å²) in [5.41, 5.74) is 1.58. The topological polar surface area (TPSA) is 73.0 Å². The Hall–Kier alpha value is -2.41. The Morgan fingerprint density at radius 1 is 1.29 bits per heavy atom. The van der Waals surface area contributed by atoms with Gasteiger partial charge in [-0.1, -0.05) is 21.1 Å². The van der Waals surface area contributed by atoms with Crippen LogP contribution in [0.3, 0.4) is 0 Å². The molecule has 6 nitrogen and oxygen atoms in total. The maximum atomic E-state index is 12.0. The van der Waals surface area contributed by atoms with Crippen LogP contribution in [0.1, 0.15) is 13.8 Å². The smallest absolute Gasteiger partial charge is 0.274 e. The summed E-state index contributed by atoms with van der Waals surface area (Å²) in [5, 5.41) is 6.89. The highest BCUT2D eigenvalue weighted by atomic mass is 79.9. The molecule has 0 bridgehead atoms. The summed E-state index contributed by atoms with van der Waals surface area (Å²) in [5.74, 6) is 0.835. The van der Waals surface area contributed by atoms with Gasteiger partial charge in [0.1, 0.15) is 12.2 Å². The van der Waals surface area contributed by atoms with Crippen LogP contribution in [0.15, 0.2) is 51.6 Å². The summed E-state index contributed by atoms with van der Waals surface area (Å²) in [6.45, 7) is 4.06. The van der Waals surface area contributed by atoms with E-state index in [4.69, 9.17) is 4.52 Å². The Balaban J connectivity index is 1.82. The van der Waals surface area contributed by atoms with Gasteiger partial charge in [0.25, 0.3) is 5.89 Å². The monoisotopic (exact) mass is 388 g/mol. The number of rotatable bonds is 5. The van der Waals surface area contributed by atoms with Crippen LogP contribution in [0.4, 0.5) is 0 Å². The second-order valence-electron chi connectivity index (χ2n) is 5.67. The molecule has 3 rings (SSSR count). The van der Waals surface area contributed by atoms with Crippen molar-refractivity contribution in [1.29, 1.82) is 0 Å². The number of nitrogens with one attached hydrogen (secondary N) is 1. The summed E-state index contributed by atoms with van der Waals surface area (Å²) in [6, 6.07) is 11.5. The normalized spacial score (nSPS) is 11.0. The van der Waals surface area contributed by atoms with E-state index in [0.29, 0.717) is 17.4 Å². The van der Waals surface area contributed by atoms with Gasteiger partial charge in [0, 0.05) is 22.3 Å². The van der Waals surface area contributed by atoms with E-state index in [1.54, 1.807) is 4.57 Å². The van der Waals surface area contributed by atoms with Crippen LogP contribution >= 0.6 is 15.9 Å². The van der Waals surface area contributed by atoms with Gasteiger partial charge in [0.05, 0.1) is 0 Å². The molecule has 2 aromatic heterocycles. The van der Waals surface area contributed by atoms with Crippen LogP contribution in [0.5, 0.6) is 0 Å². The predicted molar refractivity (Wildman–Crippen MR) is 94.1 cm³/mol. The SMILES string of the molecule is CC(C)NC(=O)Cn1cccc1-c1nc(-c2ccc(Br)cc2)no1. The van der Waals surface area contributed by atoms with Crippen LogP contribution in [-0.2, 0) is 11.3 Å². The maximum absolute atomic E-state index is 12.0. The third-order valence-electron chi connectivity index (χ3n) is 3.34. The van der Waals surface area contributed by atoms with Crippen molar-refractivity contribution < 1.29 is 9.32 Å². The molecule has 0 aliphatic carbocycles. The van der Waals surface area contributed by atoms with E-state index in [1.807, 2.05) is 56.4 Å². The van der Waals surface area contributed by atoms with E-state index in [2.05, 4.69) is 31.4 Å². The minimum absolute atomic E-state index is 0.0601. The molecule has 3 aromatic rings. The standard InChI is InChI=1S/C17H17BrN4O2/c1-11(2)19-15(23)10-22-9-3-4-14(22)17-20-16(21-24-17)12-5-7-13(18)8-6-12/h3-9,11H,10H2,1-2H3,(H,19,23). The molecule has 1 amide bonds. The van der Waals surface area contributed by atoms with Gasteiger partial charge in [-0.25, -0.2) is 0 Å². The van der Waals surface area contributed by atoms with Gasteiger partial charge in [0.15, 0.2) is 0 Å². The predicted octanol–water partition coefficient (Wildman–Crippen LogP) is 3.49. The third-order valence-corrected chi connectivity index (χ3v) is 3.87. The first-order valence-corrected chi connectivity index (χ1v) is 8.37. The fraction of sp³-hybridized carbons (Fsp3) is 0.235. The number of hydrogen-bond donors (Lipinski definition) is 1. The maximum Gasteiger partial charge on any atom is 0.274 e. The minimum Gasteiger partial charge on any atom is -0.352 e. The first-order valence-electron chi connectivity index (χ1n) is 7.57. The number of aromatic nitrogens is 3. The van der Waals surface area contributed by atoms with Crippen molar-refractivity contribution in [2.75, 3.05) is 0 Å². The van der Waals surface area contributed by atoms with Crippen LogP contribution in [0.2, 0.25) is 0 Å². The summed E-state index contributed by atoms with van der Waals surface area (Å²) >= 11 is 3.40. The molecule has 0 aliphatic heterocycles. The molecule has 0 fully saturated rings. The minimum atomic E-state index is -0.0601. The number of carbonyl (C=O) groups excluding carboxylic acids is 1. The number of halogens is 1. The molecule has 7 heteroatoms.